The molecule has 64 valence electrons. The molecule has 1 fully saturated rings. The third-order valence-electron chi connectivity index (χ3n) is 1.52. The van der Waals surface area contributed by atoms with Crippen molar-refractivity contribution in [1.29, 1.82) is 0 Å². The second kappa shape index (κ2) is 6.16. The lowest BCUT2D eigenvalue weighted by atomic mass is 9.87. The molecule has 0 aromatic rings. The minimum absolute atomic E-state index is 0.147. The van der Waals surface area contributed by atoms with Crippen LogP contribution in [0.1, 0.15) is 19.3 Å². The van der Waals surface area contributed by atoms with Crippen molar-refractivity contribution in [1.82, 2.24) is 0 Å². The zero-order valence-corrected chi connectivity index (χ0v) is 7.13. The molecule has 11 heavy (non-hydrogen) atoms. The summed E-state index contributed by atoms with van der Waals surface area (Å²) in [7, 11) is 1.31. The van der Waals surface area contributed by atoms with Crippen LogP contribution in [0.5, 0.6) is 0 Å². The Hall–Kier alpha value is -0.570. The molecule has 0 aromatic heterocycles. The lowest BCUT2D eigenvalue weighted by Crippen LogP contribution is -2.16. The van der Waals surface area contributed by atoms with Crippen LogP contribution in [0, 0.1) is 5.92 Å². The SMILES string of the molecule is COC=O.O=C(Cl)C1CCC1. The van der Waals surface area contributed by atoms with E-state index in [4.69, 9.17) is 16.4 Å². The van der Waals surface area contributed by atoms with Gasteiger partial charge in [-0.05, 0) is 24.4 Å². The molecule has 0 amide bonds. The molecule has 1 aliphatic rings. The standard InChI is InChI=1S/C5H7ClO.C2H4O2/c6-5(7)4-2-1-3-4;1-4-2-3/h4H,1-3H2;2H,1H3. The summed E-state index contributed by atoms with van der Waals surface area (Å²) >= 11 is 5.14. The molecule has 0 spiro atoms. The van der Waals surface area contributed by atoms with E-state index < -0.39 is 0 Å². The summed E-state index contributed by atoms with van der Waals surface area (Å²) in [5, 5.41) is -0.147. The maximum atomic E-state index is 10.2. The molecule has 0 atom stereocenters. The van der Waals surface area contributed by atoms with Crippen molar-refractivity contribution in [3.05, 3.63) is 0 Å². The number of halogens is 1. The van der Waals surface area contributed by atoms with Crippen LogP contribution in [0.2, 0.25) is 0 Å². The van der Waals surface area contributed by atoms with Crippen LogP contribution in [0.15, 0.2) is 0 Å². The van der Waals surface area contributed by atoms with Crippen molar-refractivity contribution in [2.75, 3.05) is 7.11 Å². The Morgan fingerprint density at radius 3 is 2.09 bits per heavy atom. The second-order valence-electron chi connectivity index (χ2n) is 2.26. The largest absolute Gasteiger partial charge is 0.471 e. The lowest BCUT2D eigenvalue weighted by Gasteiger charge is -2.19. The van der Waals surface area contributed by atoms with E-state index in [0.29, 0.717) is 6.47 Å². The average Bonchev–Trinajstić information content (AvgIpc) is 1.83. The fraction of sp³-hybridized carbons (Fsp3) is 0.714. The van der Waals surface area contributed by atoms with E-state index in [1.54, 1.807) is 0 Å². The maximum absolute atomic E-state index is 10.2. The molecule has 4 heteroatoms. The van der Waals surface area contributed by atoms with Crippen LogP contribution in [0.4, 0.5) is 0 Å². The van der Waals surface area contributed by atoms with Gasteiger partial charge in [-0.15, -0.1) is 0 Å². The van der Waals surface area contributed by atoms with Gasteiger partial charge in [0.1, 0.15) is 0 Å². The molecule has 0 N–H and O–H groups in total. The first-order chi connectivity index (χ1) is 5.22. The van der Waals surface area contributed by atoms with E-state index in [1.807, 2.05) is 0 Å². The summed E-state index contributed by atoms with van der Waals surface area (Å²) in [5.41, 5.74) is 0. The number of ether oxygens (including phenoxy) is 1. The molecule has 0 radical (unpaired) electrons. The highest BCUT2D eigenvalue weighted by atomic mass is 35.5. The quantitative estimate of drug-likeness (QED) is 0.474. The Morgan fingerprint density at radius 2 is 2.09 bits per heavy atom. The number of hydrogen-bond acceptors (Lipinski definition) is 3. The molecule has 0 bridgehead atoms. The Labute approximate surface area is 70.7 Å². The van der Waals surface area contributed by atoms with Gasteiger partial charge in [-0.1, -0.05) is 6.42 Å². The first-order valence-electron chi connectivity index (χ1n) is 3.38. The van der Waals surface area contributed by atoms with Crippen LogP contribution in [0.25, 0.3) is 0 Å². The van der Waals surface area contributed by atoms with Crippen molar-refractivity contribution in [2.24, 2.45) is 5.92 Å². The van der Waals surface area contributed by atoms with E-state index in [-0.39, 0.29) is 11.2 Å². The van der Waals surface area contributed by atoms with Crippen molar-refractivity contribution in [2.45, 2.75) is 19.3 Å². The number of carbonyl (C=O) groups is 2. The Balaban J connectivity index is 0.000000218. The summed E-state index contributed by atoms with van der Waals surface area (Å²) in [4.78, 5) is 19.1. The van der Waals surface area contributed by atoms with Gasteiger partial charge < -0.3 is 4.74 Å². The normalized spacial score (nSPS) is 15.5. The zero-order chi connectivity index (χ0) is 8.69. The molecule has 1 aliphatic carbocycles. The van der Waals surface area contributed by atoms with Gasteiger partial charge in [0.05, 0.1) is 7.11 Å². The van der Waals surface area contributed by atoms with Crippen molar-refractivity contribution in [3.8, 4) is 0 Å². The van der Waals surface area contributed by atoms with Crippen LogP contribution in [-0.4, -0.2) is 18.8 Å². The summed E-state index contributed by atoms with van der Waals surface area (Å²) in [6.07, 6.45) is 3.22. The fourth-order valence-corrected chi connectivity index (χ4v) is 0.853. The van der Waals surface area contributed by atoms with Gasteiger partial charge in [-0.2, -0.15) is 0 Å². The second-order valence-corrected chi connectivity index (χ2v) is 2.64. The monoisotopic (exact) mass is 178 g/mol. The van der Waals surface area contributed by atoms with Gasteiger partial charge in [-0.3, -0.25) is 9.59 Å². The lowest BCUT2D eigenvalue weighted by molar-refractivity contribution is -0.126. The predicted octanol–water partition coefficient (Wildman–Crippen LogP) is 1.34. The van der Waals surface area contributed by atoms with E-state index >= 15 is 0 Å². The van der Waals surface area contributed by atoms with Crippen molar-refractivity contribution < 1.29 is 14.3 Å². The minimum atomic E-state index is -0.147. The topological polar surface area (TPSA) is 43.4 Å². The highest BCUT2D eigenvalue weighted by Gasteiger charge is 2.22. The molecule has 0 aromatic carbocycles. The highest BCUT2D eigenvalue weighted by molar-refractivity contribution is 6.64. The number of rotatable bonds is 2. The summed E-state index contributed by atoms with van der Waals surface area (Å²) in [6, 6.07) is 0. The zero-order valence-electron chi connectivity index (χ0n) is 6.38. The molecular weight excluding hydrogens is 168 g/mol. The predicted molar refractivity (Wildman–Crippen MR) is 41.3 cm³/mol. The highest BCUT2D eigenvalue weighted by Crippen LogP contribution is 2.27. The number of methoxy groups -OCH3 is 1. The third kappa shape index (κ3) is 4.79. The Bertz CT molecular complexity index is 132. The van der Waals surface area contributed by atoms with Gasteiger partial charge in [0.15, 0.2) is 0 Å². The molecule has 0 aliphatic heterocycles. The molecule has 0 saturated heterocycles. The van der Waals surface area contributed by atoms with Gasteiger partial charge in [-0.25, -0.2) is 0 Å². The van der Waals surface area contributed by atoms with Crippen LogP contribution in [-0.2, 0) is 14.3 Å². The molecule has 1 saturated carbocycles. The molecular formula is C7H11ClO3. The third-order valence-corrected chi connectivity index (χ3v) is 1.83. The Morgan fingerprint density at radius 1 is 1.64 bits per heavy atom. The van der Waals surface area contributed by atoms with E-state index in [2.05, 4.69) is 4.74 Å². The number of carbonyl (C=O) groups excluding carboxylic acids is 2. The van der Waals surface area contributed by atoms with E-state index in [0.717, 1.165) is 12.8 Å². The summed E-state index contributed by atoms with van der Waals surface area (Å²) < 4.78 is 3.86. The van der Waals surface area contributed by atoms with E-state index in [1.165, 1.54) is 13.5 Å². The van der Waals surface area contributed by atoms with Crippen molar-refractivity contribution >= 4 is 23.3 Å². The smallest absolute Gasteiger partial charge is 0.292 e. The van der Waals surface area contributed by atoms with Gasteiger partial charge in [0, 0.05) is 5.92 Å². The van der Waals surface area contributed by atoms with Crippen LogP contribution >= 0.6 is 11.6 Å². The Kier molecular flexibility index (Phi) is 5.84. The maximum Gasteiger partial charge on any atom is 0.292 e. The summed E-state index contributed by atoms with van der Waals surface area (Å²) in [6.45, 7) is 0.375. The average molecular weight is 179 g/mol. The summed E-state index contributed by atoms with van der Waals surface area (Å²) in [5.74, 6) is 0.210. The first kappa shape index (κ1) is 10.4. The van der Waals surface area contributed by atoms with Crippen molar-refractivity contribution in [3.63, 3.8) is 0 Å². The van der Waals surface area contributed by atoms with Gasteiger partial charge in [0.2, 0.25) is 5.24 Å². The molecule has 1 rings (SSSR count). The van der Waals surface area contributed by atoms with Crippen LogP contribution in [0.3, 0.4) is 0 Å². The molecule has 0 heterocycles. The minimum Gasteiger partial charge on any atom is -0.471 e. The first-order valence-corrected chi connectivity index (χ1v) is 3.76. The number of hydrogen-bond donors (Lipinski definition) is 0. The van der Waals surface area contributed by atoms with Gasteiger partial charge in [0.25, 0.3) is 6.47 Å². The van der Waals surface area contributed by atoms with E-state index in [9.17, 15) is 4.79 Å². The molecule has 3 nitrogen and oxygen atoms in total. The fourth-order valence-electron chi connectivity index (χ4n) is 0.635. The van der Waals surface area contributed by atoms with Crippen LogP contribution < -0.4 is 0 Å². The molecule has 0 unspecified atom stereocenters. The van der Waals surface area contributed by atoms with Gasteiger partial charge >= 0.3 is 0 Å².